The molecule has 1 aliphatic heterocycles. The van der Waals surface area contributed by atoms with Crippen molar-refractivity contribution in [3.63, 3.8) is 0 Å². The number of imide groups is 1. The Hall–Kier alpha value is -2.19. The lowest BCUT2D eigenvalue weighted by molar-refractivity contribution is -0.137. The molecule has 0 saturated carbocycles. The summed E-state index contributed by atoms with van der Waals surface area (Å²) in [6.45, 7) is 0. The van der Waals surface area contributed by atoms with Crippen LogP contribution in [0.3, 0.4) is 0 Å². The molecule has 1 heterocycles. The van der Waals surface area contributed by atoms with Crippen molar-refractivity contribution in [2.24, 2.45) is 0 Å². The maximum absolute atomic E-state index is 13.0. The van der Waals surface area contributed by atoms with Crippen LogP contribution in [0.5, 0.6) is 0 Å². The average molecular weight is 415 g/mol. The lowest BCUT2D eigenvalue weighted by Crippen LogP contribution is -2.35. The quantitative estimate of drug-likeness (QED) is 0.575. The number of halogens is 4. The van der Waals surface area contributed by atoms with Crippen LogP contribution in [0.4, 0.5) is 24.5 Å². The predicted octanol–water partition coefficient (Wildman–Crippen LogP) is 4.82. The van der Waals surface area contributed by atoms with Gasteiger partial charge in [0.15, 0.2) is 0 Å². The summed E-state index contributed by atoms with van der Waals surface area (Å²) in [4.78, 5) is 26.7. The Morgan fingerprint density at radius 3 is 2.59 bits per heavy atom. The number of nitrogens with zero attached hydrogens (tertiary/aromatic N) is 1. The molecule has 9 heteroatoms. The third-order valence-electron chi connectivity index (χ3n) is 4.07. The summed E-state index contributed by atoms with van der Waals surface area (Å²) in [5.41, 5.74) is -0.597. The number of carbonyl (C=O) groups is 2. The molecule has 1 saturated heterocycles. The van der Waals surface area contributed by atoms with Gasteiger partial charge in [0.05, 0.1) is 22.7 Å². The Morgan fingerprint density at radius 1 is 1.19 bits per heavy atom. The van der Waals surface area contributed by atoms with E-state index in [9.17, 15) is 22.8 Å². The van der Waals surface area contributed by atoms with Crippen molar-refractivity contribution in [3.05, 3.63) is 53.1 Å². The fraction of sp³-hybridized carbons (Fsp3) is 0.222. The molecule has 1 aliphatic rings. The van der Waals surface area contributed by atoms with E-state index in [0.29, 0.717) is 10.6 Å². The van der Waals surface area contributed by atoms with Crippen molar-refractivity contribution in [1.82, 2.24) is 0 Å². The first kappa shape index (κ1) is 19.6. The molecule has 27 heavy (non-hydrogen) atoms. The van der Waals surface area contributed by atoms with Gasteiger partial charge in [0.1, 0.15) is 6.04 Å². The van der Waals surface area contributed by atoms with Gasteiger partial charge in [-0.15, -0.1) is 11.8 Å². The molecule has 0 spiro atoms. The minimum atomic E-state index is -4.61. The van der Waals surface area contributed by atoms with Gasteiger partial charge < -0.3 is 5.32 Å². The van der Waals surface area contributed by atoms with Crippen LogP contribution >= 0.6 is 23.4 Å². The number of hydrogen-bond donors (Lipinski definition) is 1. The van der Waals surface area contributed by atoms with E-state index in [4.69, 9.17) is 11.6 Å². The number of rotatable bonds is 4. The van der Waals surface area contributed by atoms with Gasteiger partial charge in [-0.1, -0.05) is 17.7 Å². The number of alkyl halides is 3. The van der Waals surface area contributed by atoms with Crippen LogP contribution in [0.1, 0.15) is 12.0 Å². The number of benzene rings is 2. The van der Waals surface area contributed by atoms with E-state index in [0.717, 1.165) is 23.1 Å². The summed E-state index contributed by atoms with van der Waals surface area (Å²) < 4.78 is 38.9. The van der Waals surface area contributed by atoms with Gasteiger partial charge >= 0.3 is 6.18 Å². The number of amides is 2. The second kappa shape index (κ2) is 7.44. The smallest absolute Gasteiger partial charge is 0.373 e. The van der Waals surface area contributed by atoms with Crippen molar-refractivity contribution in [2.45, 2.75) is 23.5 Å². The number of anilines is 2. The molecule has 0 radical (unpaired) electrons. The first-order chi connectivity index (χ1) is 12.7. The van der Waals surface area contributed by atoms with Gasteiger partial charge in [0.25, 0.3) is 5.91 Å². The Labute approximate surface area is 162 Å². The molecule has 2 aromatic carbocycles. The summed E-state index contributed by atoms with van der Waals surface area (Å²) in [7, 11) is 0. The fourth-order valence-corrected chi connectivity index (χ4v) is 3.43. The summed E-state index contributed by atoms with van der Waals surface area (Å²) in [6, 6.07) is 8.95. The maximum Gasteiger partial charge on any atom is 0.416 e. The van der Waals surface area contributed by atoms with Gasteiger partial charge in [0, 0.05) is 10.6 Å². The van der Waals surface area contributed by atoms with E-state index in [-0.39, 0.29) is 17.1 Å². The lowest BCUT2D eigenvalue weighted by atomic mass is 10.2. The highest BCUT2D eigenvalue weighted by Crippen LogP contribution is 2.37. The molecule has 3 rings (SSSR count). The molecule has 0 aromatic heterocycles. The number of hydrogen-bond acceptors (Lipinski definition) is 4. The molecule has 1 unspecified atom stereocenters. The minimum absolute atomic E-state index is 0.102. The predicted molar refractivity (Wildman–Crippen MR) is 99.2 cm³/mol. The zero-order valence-corrected chi connectivity index (χ0v) is 15.6. The van der Waals surface area contributed by atoms with Gasteiger partial charge in [-0.25, -0.2) is 4.90 Å². The Bertz CT molecular complexity index is 904. The second-order valence-corrected chi connectivity index (χ2v) is 7.15. The van der Waals surface area contributed by atoms with Gasteiger partial charge in [-0.05, 0) is 42.7 Å². The van der Waals surface area contributed by atoms with E-state index in [1.54, 1.807) is 12.1 Å². The molecule has 1 atom stereocenters. The summed E-state index contributed by atoms with van der Waals surface area (Å²) in [6.07, 6.45) is -2.88. The lowest BCUT2D eigenvalue weighted by Gasteiger charge is -2.19. The van der Waals surface area contributed by atoms with Crippen LogP contribution in [-0.2, 0) is 15.8 Å². The maximum atomic E-state index is 13.0. The highest BCUT2D eigenvalue weighted by atomic mass is 35.5. The molecule has 0 bridgehead atoms. The molecule has 2 amide bonds. The summed E-state index contributed by atoms with van der Waals surface area (Å²) >= 11 is 7.49. The molecular weight excluding hydrogens is 401 g/mol. The van der Waals surface area contributed by atoms with Crippen molar-refractivity contribution in [1.29, 1.82) is 0 Å². The van der Waals surface area contributed by atoms with Gasteiger partial charge in [-0.3, -0.25) is 9.59 Å². The largest absolute Gasteiger partial charge is 0.416 e. The summed E-state index contributed by atoms with van der Waals surface area (Å²) in [5, 5.41) is 2.87. The Kier molecular flexibility index (Phi) is 5.39. The molecule has 1 fully saturated rings. The van der Waals surface area contributed by atoms with Gasteiger partial charge in [-0.2, -0.15) is 13.2 Å². The van der Waals surface area contributed by atoms with Crippen LogP contribution in [0.2, 0.25) is 5.02 Å². The average Bonchev–Trinajstić information content (AvgIpc) is 2.88. The molecule has 0 aliphatic carbocycles. The summed E-state index contributed by atoms with van der Waals surface area (Å²) in [5.74, 6) is -1.25. The standard InChI is InChI=1S/C18H14ClF3N2O2S/c1-27-12-4-2-3-11(8-12)23-14-9-16(25)24(17(14)26)15-7-10(18(20,21)22)5-6-13(15)19/h2-8,14,23H,9H2,1H3. The normalized spacial score (nSPS) is 17.5. The third kappa shape index (κ3) is 4.06. The monoisotopic (exact) mass is 414 g/mol. The van der Waals surface area contributed by atoms with E-state index in [1.165, 1.54) is 11.8 Å². The molecule has 4 nitrogen and oxygen atoms in total. The highest BCUT2D eigenvalue weighted by molar-refractivity contribution is 7.98. The van der Waals surface area contributed by atoms with Crippen molar-refractivity contribution in [2.75, 3.05) is 16.5 Å². The van der Waals surface area contributed by atoms with Crippen molar-refractivity contribution >= 4 is 46.6 Å². The topological polar surface area (TPSA) is 49.4 Å². The number of nitrogens with one attached hydrogen (secondary N) is 1. The van der Waals surface area contributed by atoms with Crippen LogP contribution in [0.25, 0.3) is 0 Å². The van der Waals surface area contributed by atoms with Crippen LogP contribution in [-0.4, -0.2) is 24.1 Å². The highest BCUT2D eigenvalue weighted by Gasteiger charge is 2.41. The second-order valence-electron chi connectivity index (χ2n) is 5.86. The van der Waals surface area contributed by atoms with E-state index >= 15 is 0 Å². The van der Waals surface area contributed by atoms with E-state index in [1.807, 2.05) is 18.4 Å². The van der Waals surface area contributed by atoms with E-state index < -0.39 is 29.6 Å². The third-order valence-corrected chi connectivity index (χ3v) is 5.12. The first-order valence-electron chi connectivity index (χ1n) is 7.85. The molecule has 142 valence electrons. The van der Waals surface area contributed by atoms with Crippen molar-refractivity contribution < 1.29 is 22.8 Å². The van der Waals surface area contributed by atoms with E-state index in [2.05, 4.69) is 5.32 Å². The van der Waals surface area contributed by atoms with Crippen LogP contribution in [0, 0.1) is 0 Å². The van der Waals surface area contributed by atoms with Crippen molar-refractivity contribution in [3.8, 4) is 0 Å². The van der Waals surface area contributed by atoms with Crippen LogP contribution < -0.4 is 10.2 Å². The number of carbonyl (C=O) groups excluding carboxylic acids is 2. The first-order valence-corrected chi connectivity index (χ1v) is 9.45. The Balaban J connectivity index is 1.88. The fourth-order valence-electron chi connectivity index (χ4n) is 2.77. The minimum Gasteiger partial charge on any atom is -0.373 e. The SMILES string of the molecule is CSc1cccc(NC2CC(=O)N(c3cc(C(F)(F)F)ccc3Cl)C2=O)c1. The molecular formula is C18H14ClF3N2O2S. The van der Waals surface area contributed by atoms with Gasteiger partial charge in [0.2, 0.25) is 5.91 Å². The Morgan fingerprint density at radius 2 is 1.93 bits per heavy atom. The zero-order chi connectivity index (χ0) is 19.8. The zero-order valence-electron chi connectivity index (χ0n) is 14.0. The molecule has 2 aromatic rings. The van der Waals surface area contributed by atoms with Crippen LogP contribution in [0.15, 0.2) is 47.4 Å². The molecule has 1 N–H and O–H groups in total. The number of thioether (sulfide) groups is 1.